The van der Waals surface area contributed by atoms with Crippen molar-refractivity contribution in [2.24, 2.45) is 0 Å². The van der Waals surface area contributed by atoms with Crippen LogP contribution in [-0.4, -0.2) is 15.0 Å². The lowest BCUT2D eigenvalue weighted by atomic mass is 9.89. The van der Waals surface area contributed by atoms with E-state index < -0.39 is 0 Å². The van der Waals surface area contributed by atoms with E-state index in [0.29, 0.717) is 17.5 Å². The number of aromatic nitrogens is 3. The summed E-state index contributed by atoms with van der Waals surface area (Å²) in [6.07, 6.45) is 6.05. The Morgan fingerprint density at radius 1 is 0.220 bits per heavy atom. The van der Waals surface area contributed by atoms with Crippen molar-refractivity contribution < 1.29 is 0 Å². The minimum atomic E-state index is 0.603. The molecule has 0 spiro atoms. The van der Waals surface area contributed by atoms with E-state index in [4.69, 9.17) is 15.0 Å². The number of benzene rings is 15. The summed E-state index contributed by atoms with van der Waals surface area (Å²) >= 11 is 0. The molecule has 3 nitrogen and oxygen atoms in total. The molecule has 3 heteroatoms. The molecule has 1 aromatic heterocycles. The van der Waals surface area contributed by atoms with Gasteiger partial charge in [0.15, 0.2) is 17.5 Å². The number of hydrogen-bond acceptors (Lipinski definition) is 3. The first kappa shape index (κ1) is 54.5. The van der Waals surface area contributed by atoms with Crippen LogP contribution in [0.2, 0.25) is 0 Å². The van der Waals surface area contributed by atoms with E-state index in [1.807, 2.05) is 30.4 Å². The molecule has 0 N–H and O–H groups in total. The highest BCUT2D eigenvalue weighted by Gasteiger charge is 2.18. The van der Waals surface area contributed by atoms with Crippen LogP contribution in [0.1, 0.15) is 11.1 Å². The van der Waals surface area contributed by atoms with Gasteiger partial charge in [-0.25, -0.2) is 15.0 Å². The Labute approximate surface area is 530 Å². The highest BCUT2D eigenvalue weighted by molar-refractivity contribution is 6.26. The molecule has 16 rings (SSSR count). The lowest BCUT2D eigenvalue weighted by Gasteiger charge is -2.15. The molecule has 1 heterocycles. The van der Waals surface area contributed by atoms with Crippen molar-refractivity contribution in [2.45, 2.75) is 6.92 Å². The predicted molar refractivity (Wildman–Crippen MR) is 386 cm³/mol. The van der Waals surface area contributed by atoms with E-state index in [-0.39, 0.29) is 0 Å². The molecule has 0 aliphatic rings. The van der Waals surface area contributed by atoms with Crippen LogP contribution in [0.15, 0.2) is 328 Å². The van der Waals surface area contributed by atoms with Gasteiger partial charge in [-0.3, -0.25) is 0 Å². The molecule has 0 bridgehead atoms. The molecule has 426 valence electrons. The first-order valence-electron chi connectivity index (χ1n) is 31.1. The molecular weight excluding hydrogens is 1100 g/mol. The van der Waals surface area contributed by atoms with Crippen molar-refractivity contribution in [3.8, 4) is 112 Å². The minimum Gasteiger partial charge on any atom is -0.208 e. The van der Waals surface area contributed by atoms with Crippen molar-refractivity contribution >= 4 is 59.9 Å². The van der Waals surface area contributed by atoms with Gasteiger partial charge in [0.05, 0.1) is 0 Å². The molecule has 0 saturated carbocycles. The highest BCUT2D eigenvalue weighted by Crippen LogP contribution is 2.42. The summed E-state index contributed by atoms with van der Waals surface area (Å²) in [7, 11) is 0. The number of aryl methyl sites for hydroxylation is 1. The third-order valence-corrected chi connectivity index (χ3v) is 18.0. The minimum absolute atomic E-state index is 0.603. The molecule has 0 unspecified atom stereocenters. The third-order valence-electron chi connectivity index (χ3n) is 18.0. The van der Waals surface area contributed by atoms with E-state index >= 15 is 0 Å². The summed E-state index contributed by atoms with van der Waals surface area (Å²) in [5.41, 5.74) is 21.1. The zero-order valence-corrected chi connectivity index (χ0v) is 50.2. The van der Waals surface area contributed by atoms with Crippen LogP contribution >= 0.6 is 0 Å². The monoisotopic (exact) mass is 1160 g/mol. The Kier molecular flexibility index (Phi) is 14.0. The molecule has 0 atom stereocenters. The second-order valence-corrected chi connectivity index (χ2v) is 23.5. The molecule has 15 aromatic carbocycles. The van der Waals surface area contributed by atoms with Crippen LogP contribution < -0.4 is 0 Å². The molecule has 0 amide bonds. The van der Waals surface area contributed by atoms with Crippen molar-refractivity contribution in [3.05, 3.63) is 339 Å². The second kappa shape index (κ2) is 23.3. The average molecular weight is 1160 g/mol. The summed E-state index contributed by atoms with van der Waals surface area (Å²) in [5, 5.41) is 12.6. The third kappa shape index (κ3) is 10.3. The molecule has 16 aromatic rings. The smallest absolute Gasteiger partial charge is 0.164 e. The fraction of sp³-hybridized carbons (Fsp3) is 0.0114. The number of nitrogens with zero attached hydrogens (tertiary/aromatic N) is 3. The summed E-state index contributed by atoms with van der Waals surface area (Å²) in [6.45, 7) is 6.17. The van der Waals surface area contributed by atoms with Gasteiger partial charge >= 0.3 is 0 Å². The summed E-state index contributed by atoms with van der Waals surface area (Å²) in [5.74, 6) is 1.82. The standard InChI is InChI=1S/C88H59N3/c1-3-4-36-75-57(2)76-45-43-68(55-84(76)81-41-15-11-37-77(75)81)63-29-19-33-67(49-63)74-53-72(58-22-7-5-8-23-58)52-73(54-74)66-32-18-27-61(48-66)65-31-21-35-71(51-65)88-90-86(59-24-9-6-10-25-59)89-87(91-88)70-34-20-30-64(50-70)60-26-17-28-62(47-60)69-44-46-83-80-40-13-12-38-78(80)79-39-14-16-42-82(79)85(83)56-69/h3-56H,1H2,2H3/b36-4-. The van der Waals surface area contributed by atoms with Crippen LogP contribution in [0.5, 0.6) is 0 Å². The normalized spacial score (nSPS) is 11.6. The summed E-state index contributed by atoms with van der Waals surface area (Å²) in [4.78, 5) is 15.7. The Balaban J connectivity index is 0.736. The van der Waals surface area contributed by atoms with Gasteiger partial charge in [0.1, 0.15) is 0 Å². The quantitative estimate of drug-likeness (QED) is 0.0904. The van der Waals surface area contributed by atoms with Crippen LogP contribution in [0.25, 0.3) is 172 Å². The molecule has 0 aliphatic carbocycles. The van der Waals surface area contributed by atoms with Gasteiger partial charge in [-0.2, -0.15) is 0 Å². The first-order chi connectivity index (χ1) is 44.9. The average Bonchev–Trinajstić information content (AvgIpc) is 0.954. The maximum Gasteiger partial charge on any atom is 0.164 e. The van der Waals surface area contributed by atoms with E-state index in [2.05, 4.69) is 311 Å². The number of fused-ring (bicyclic) bond motifs is 9. The Morgan fingerprint density at radius 2 is 0.495 bits per heavy atom. The Hall–Kier alpha value is -11.9. The molecule has 0 radical (unpaired) electrons. The summed E-state index contributed by atoms with van der Waals surface area (Å²) < 4.78 is 0. The van der Waals surface area contributed by atoms with Gasteiger partial charge in [-0.15, -0.1) is 0 Å². The van der Waals surface area contributed by atoms with Crippen molar-refractivity contribution in [3.63, 3.8) is 0 Å². The topological polar surface area (TPSA) is 38.7 Å². The molecule has 0 fully saturated rings. The number of rotatable bonds is 12. The van der Waals surface area contributed by atoms with Gasteiger partial charge < -0.3 is 0 Å². The van der Waals surface area contributed by atoms with Gasteiger partial charge in [0, 0.05) is 16.7 Å². The van der Waals surface area contributed by atoms with Crippen molar-refractivity contribution in [1.29, 1.82) is 0 Å². The number of allylic oxidation sites excluding steroid dienone is 2. The van der Waals surface area contributed by atoms with E-state index in [9.17, 15) is 0 Å². The lowest BCUT2D eigenvalue weighted by Crippen LogP contribution is -2.00. The van der Waals surface area contributed by atoms with Crippen LogP contribution in [-0.2, 0) is 0 Å². The van der Waals surface area contributed by atoms with Crippen LogP contribution in [0, 0.1) is 6.92 Å². The van der Waals surface area contributed by atoms with Crippen molar-refractivity contribution in [1.82, 2.24) is 15.0 Å². The predicted octanol–water partition coefficient (Wildman–Crippen LogP) is 23.8. The zero-order chi connectivity index (χ0) is 60.8. The summed E-state index contributed by atoms with van der Waals surface area (Å²) in [6, 6.07) is 112. The largest absolute Gasteiger partial charge is 0.208 e. The van der Waals surface area contributed by atoms with Gasteiger partial charge in [0.25, 0.3) is 0 Å². The van der Waals surface area contributed by atoms with Crippen LogP contribution in [0.3, 0.4) is 0 Å². The second-order valence-electron chi connectivity index (χ2n) is 23.5. The van der Waals surface area contributed by atoms with Gasteiger partial charge in [-0.05, 0) is 210 Å². The van der Waals surface area contributed by atoms with Crippen LogP contribution in [0.4, 0.5) is 0 Å². The van der Waals surface area contributed by atoms with E-state index in [1.165, 1.54) is 81.7 Å². The molecule has 0 saturated heterocycles. The molecule has 91 heavy (non-hydrogen) atoms. The highest BCUT2D eigenvalue weighted by atomic mass is 15.0. The van der Waals surface area contributed by atoms with Crippen molar-refractivity contribution in [2.75, 3.05) is 0 Å². The SMILES string of the molecule is C=C/C=C\c1c(C)c2ccc(-c3cccc(-c4cc(-c5ccccc5)cc(-c5cccc(-c6cccc(-c7nc(-c8ccccc8)nc(-c8cccc(-c9cccc(-c%10ccc%11c%12ccccc%12c%12ccccc%12c%11c%10)c9)c8)n7)c6)c5)c4)c3)cc2c2ccccc12. The molecular formula is C88H59N3. The molecule has 0 aliphatic heterocycles. The first-order valence-corrected chi connectivity index (χ1v) is 31.1. The fourth-order valence-corrected chi connectivity index (χ4v) is 13.5. The van der Waals surface area contributed by atoms with Gasteiger partial charge in [0.2, 0.25) is 0 Å². The lowest BCUT2D eigenvalue weighted by molar-refractivity contribution is 1.07. The zero-order valence-electron chi connectivity index (χ0n) is 50.2. The Morgan fingerprint density at radius 3 is 0.934 bits per heavy atom. The van der Waals surface area contributed by atoms with Gasteiger partial charge in [-0.1, -0.05) is 274 Å². The fourth-order valence-electron chi connectivity index (χ4n) is 13.5. The van der Waals surface area contributed by atoms with E-state index in [0.717, 1.165) is 77.9 Å². The maximum absolute atomic E-state index is 5.29. The number of hydrogen-bond donors (Lipinski definition) is 0. The van der Waals surface area contributed by atoms with E-state index in [1.54, 1.807) is 0 Å². The maximum atomic E-state index is 5.29. The Bertz CT molecular complexity index is 5530.